The standard InChI is InChI=1S/C21H22FN7O2/c22-17-7-5-15(6-8-17)13-23-19-25-20(27-21(26-19)29-9-11-31-12-10-29)28-24-14-16-3-1-2-4-18(16)30/h1-8,14,30H,9-13H2,(H2,23,25,26,27,28). The smallest absolute Gasteiger partial charge is 0.250 e. The number of benzene rings is 2. The van der Waals surface area contributed by atoms with Gasteiger partial charge in [-0.15, -0.1) is 0 Å². The molecule has 1 fully saturated rings. The highest BCUT2D eigenvalue weighted by molar-refractivity contribution is 5.83. The van der Waals surface area contributed by atoms with Gasteiger partial charge < -0.3 is 20.1 Å². The van der Waals surface area contributed by atoms with Crippen molar-refractivity contribution in [2.24, 2.45) is 5.10 Å². The van der Waals surface area contributed by atoms with Crippen LogP contribution in [0.2, 0.25) is 0 Å². The number of hydrogen-bond acceptors (Lipinski definition) is 9. The average Bonchev–Trinajstić information content (AvgIpc) is 2.80. The molecule has 1 aromatic heterocycles. The van der Waals surface area contributed by atoms with Gasteiger partial charge in [0.25, 0.3) is 0 Å². The zero-order valence-electron chi connectivity index (χ0n) is 16.7. The lowest BCUT2D eigenvalue weighted by Crippen LogP contribution is -2.37. The number of aromatic hydroxyl groups is 1. The van der Waals surface area contributed by atoms with Gasteiger partial charge in [-0.05, 0) is 29.8 Å². The molecule has 3 aromatic rings. The predicted octanol–water partition coefficient (Wildman–Crippen LogP) is 2.61. The second-order valence-corrected chi connectivity index (χ2v) is 6.79. The van der Waals surface area contributed by atoms with Gasteiger partial charge in [-0.2, -0.15) is 20.1 Å². The highest BCUT2D eigenvalue weighted by Crippen LogP contribution is 2.17. The van der Waals surface area contributed by atoms with E-state index in [-0.39, 0.29) is 17.5 Å². The first-order chi connectivity index (χ1) is 15.2. The number of para-hydroxylation sites is 1. The van der Waals surface area contributed by atoms with Gasteiger partial charge in [0.2, 0.25) is 17.8 Å². The van der Waals surface area contributed by atoms with Gasteiger partial charge in [0, 0.05) is 25.2 Å². The van der Waals surface area contributed by atoms with Crippen molar-refractivity contribution in [3.63, 3.8) is 0 Å². The maximum absolute atomic E-state index is 13.1. The Kier molecular flexibility index (Phi) is 6.48. The number of rotatable bonds is 7. The van der Waals surface area contributed by atoms with E-state index in [1.165, 1.54) is 18.3 Å². The van der Waals surface area contributed by atoms with Crippen LogP contribution >= 0.6 is 0 Å². The maximum atomic E-state index is 13.1. The van der Waals surface area contributed by atoms with Crippen LogP contribution in [0.1, 0.15) is 11.1 Å². The van der Waals surface area contributed by atoms with E-state index in [4.69, 9.17) is 4.74 Å². The summed E-state index contributed by atoms with van der Waals surface area (Å²) < 4.78 is 18.5. The Labute approximate surface area is 178 Å². The Morgan fingerprint density at radius 1 is 1.03 bits per heavy atom. The lowest BCUT2D eigenvalue weighted by Gasteiger charge is -2.27. The topological polar surface area (TPSA) is 108 Å². The highest BCUT2D eigenvalue weighted by atomic mass is 19.1. The number of halogens is 1. The average molecular weight is 423 g/mol. The summed E-state index contributed by atoms with van der Waals surface area (Å²) in [5.74, 6) is 0.956. The van der Waals surface area contributed by atoms with Crippen molar-refractivity contribution >= 4 is 24.1 Å². The molecular weight excluding hydrogens is 401 g/mol. The van der Waals surface area contributed by atoms with Gasteiger partial charge in [0.1, 0.15) is 11.6 Å². The summed E-state index contributed by atoms with van der Waals surface area (Å²) in [6, 6.07) is 13.1. The summed E-state index contributed by atoms with van der Waals surface area (Å²) in [6.45, 7) is 2.95. The lowest BCUT2D eigenvalue weighted by atomic mass is 10.2. The molecule has 0 unspecified atom stereocenters. The molecular formula is C21H22FN7O2. The molecule has 0 amide bonds. The minimum absolute atomic E-state index is 0.124. The van der Waals surface area contributed by atoms with E-state index in [2.05, 4.69) is 30.8 Å². The fourth-order valence-electron chi connectivity index (χ4n) is 2.94. The third-order valence-corrected chi connectivity index (χ3v) is 4.59. The quantitative estimate of drug-likeness (QED) is 0.393. The Balaban J connectivity index is 1.52. The van der Waals surface area contributed by atoms with Crippen molar-refractivity contribution in [1.82, 2.24) is 15.0 Å². The van der Waals surface area contributed by atoms with Crippen LogP contribution in [0.4, 0.5) is 22.2 Å². The molecule has 0 saturated carbocycles. The normalized spacial score (nSPS) is 14.0. The van der Waals surface area contributed by atoms with Gasteiger partial charge >= 0.3 is 0 Å². The van der Waals surface area contributed by atoms with E-state index in [9.17, 15) is 9.50 Å². The van der Waals surface area contributed by atoms with Gasteiger partial charge in [0.05, 0.1) is 19.4 Å². The molecule has 31 heavy (non-hydrogen) atoms. The Hall–Kier alpha value is -3.79. The van der Waals surface area contributed by atoms with Crippen LogP contribution in [-0.4, -0.2) is 52.6 Å². The van der Waals surface area contributed by atoms with E-state index >= 15 is 0 Å². The molecule has 1 aliphatic rings. The number of morpholine rings is 1. The predicted molar refractivity (Wildman–Crippen MR) is 116 cm³/mol. The van der Waals surface area contributed by atoms with Crippen LogP contribution in [-0.2, 0) is 11.3 Å². The van der Waals surface area contributed by atoms with Crippen molar-refractivity contribution in [2.75, 3.05) is 41.9 Å². The Morgan fingerprint density at radius 2 is 1.77 bits per heavy atom. The molecule has 3 N–H and O–H groups in total. The molecule has 0 bridgehead atoms. The zero-order valence-corrected chi connectivity index (χ0v) is 16.7. The molecule has 0 spiro atoms. The second-order valence-electron chi connectivity index (χ2n) is 6.79. The molecule has 1 saturated heterocycles. The second kappa shape index (κ2) is 9.81. The van der Waals surface area contributed by atoms with Gasteiger partial charge in [-0.3, -0.25) is 0 Å². The third kappa shape index (κ3) is 5.64. The summed E-state index contributed by atoms with van der Waals surface area (Å²) in [5, 5.41) is 17.1. The molecule has 2 heterocycles. The molecule has 2 aromatic carbocycles. The molecule has 0 aliphatic carbocycles. The number of hydrazone groups is 1. The molecule has 160 valence electrons. The van der Waals surface area contributed by atoms with Crippen molar-refractivity contribution in [3.8, 4) is 5.75 Å². The number of hydrogen-bond donors (Lipinski definition) is 3. The van der Waals surface area contributed by atoms with Crippen LogP contribution in [0.5, 0.6) is 5.75 Å². The number of ether oxygens (including phenoxy) is 1. The van der Waals surface area contributed by atoms with E-state index < -0.39 is 0 Å². The summed E-state index contributed by atoms with van der Waals surface area (Å²) in [4.78, 5) is 15.3. The zero-order chi connectivity index (χ0) is 21.5. The van der Waals surface area contributed by atoms with Crippen molar-refractivity contribution < 1.29 is 14.2 Å². The summed E-state index contributed by atoms with van der Waals surface area (Å²) in [7, 11) is 0. The number of aromatic nitrogens is 3. The summed E-state index contributed by atoms with van der Waals surface area (Å²) in [6.07, 6.45) is 1.49. The van der Waals surface area contributed by atoms with Gasteiger partial charge in [0.15, 0.2) is 0 Å². The monoisotopic (exact) mass is 423 g/mol. The number of nitrogens with zero attached hydrogens (tertiary/aromatic N) is 5. The fraction of sp³-hybridized carbons (Fsp3) is 0.238. The van der Waals surface area contributed by atoms with E-state index in [1.807, 2.05) is 4.90 Å². The Morgan fingerprint density at radius 3 is 2.55 bits per heavy atom. The number of nitrogens with one attached hydrogen (secondary N) is 2. The number of phenolic OH excluding ortho intramolecular Hbond substituents is 1. The maximum Gasteiger partial charge on any atom is 0.250 e. The minimum atomic E-state index is -0.285. The molecule has 4 rings (SSSR count). The first kappa shape index (κ1) is 20.5. The van der Waals surface area contributed by atoms with E-state index in [1.54, 1.807) is 36.4 Å². The number of anilines is 3. The number of phenols is 1. The minimum Gasteiger partial charge on any atom is -0.507 e. The van der Waals surface area contributed by atoms with Crippen LogP contribution in [0, 0.1) is 5.82 Å². The van der Waals surface area contributed by atoms with E-state index in [0.29, 0.717) is 50.3 Å². The first-order valence-corrected chi connectivity index (χ1v) is 9.81. The van der Waals surface area contributed by atoms with Gasteiger partial charge in [-0.1, -0.05) is 24.3 Å². The van der Waals surface area contributed by atoms with Crippen molar-refractivity contribution in [3.05, 3.63) is 65.5 Å². The molecule has 0 radical (unpaired) electrons. The van der Waals surface area contributed by atoms with Crippen molar-refractivity contribution in [2.45, 2.75) is 6.54 Å². The van der Waals surface area contributed by atoms with Crippen molar-refractivity contribution in [1.29, 1.82) is 0 Å². The van der Waals surface area contributed by atoms with Crippen LogP contribution in [0.3, 0.4) is 0 Å². The largest absolute Gasteiger partial charge is 0.507 e. The van der Waals surface area contributed by atoms with Crippen LogP contribution < -0.4 is 15.6 Å². The molecule has 1 aliphatic heterocycles. The van der Waals surface area contributed by atoms with Crippen LogP contribution in [0.25, 0.3) is 0 Å². The Bertz CT molecular complexity index is 1040. The molecule has 0 atom stereocenters. The third-order valence-electron chi connectivity index (χ3n) is 4.59. The van der Waals surface area contributed by atoms with Crippen LogP contribution in [0.15, 0.2) is 53.6 Å². The fourth-order valence-corrected chi connectivity index (χ4v) is 2.94. The SMILES string of the molecule is Oc1ccccc1C=NNc1nc(NCc2ccc(F)cc2)nc(N2CCOCC2)n1. The lowest BCUT2D eigenvalue weighted by molar-refractivity contribution is 0.122. The molecule has 10 heteroatoms. The summed E-state index contributed by atoms with van der Waals surface area (Å²) >= 11 is 0. The van der Waals surface area contributed by atoms with Gasteiger partial charge in [-0.25, -0.2) is 9.82 Å². The summed E-state index contributed by atoms with van der Waals surface area (Å²) in [5.41, 5.74) is 4.25. The highest BCUT2D eigenvalue weighted by Gasteiger charge is 2.16. The van der Waals surface area contributed by atoms with E-state index in [0.717, 1.165) is 5.56 Å². The molecule has 9 nitrogen and oxygen atoms in total. The first-order valence-electron chi connectivity index (χ1n) is 9.81.